The molecule has 3 N–H and O–H groups in total. The van der Waals surface area contributed by atoms with E-state index in [2.05, 4.69) is 32.7 Å². The second-order valence-electron chi connectivity index (χ2n) is 7.08. The summed E-state index contributed by atoms with van der Waals surface area (Å²) in [5.74, 6) is 0. The molecule has 0 unspecified atom stereocenters. The molecule has 5 rings (SSSR count). The first-order valence-electron chi connectivity index (χ1n) is 9.55. The minimum atomic E-state index is -4.47. The fourth-order valence-corrected chi connectivity index (χ4v) is 5.21. The second kappa shape index (κ2) is 7.79. The van der Waals surface area contributed by atoms with Crippen LogP contribution in [0.15, 0.2) is 93.4 Å². The lowest BCUT2D eigenvalue weighted by Crippen LogP contribution is -2.01. The fourth-order valence-electron chi connectivity index (χ4n) is 3.54. The third kappa shape index (κ3) is 3.62. The van der Waals surface area contributed by atoms with E-state index in [4.69, 9.17) is 5.73 Å². The molecule has 0 saturated carbocycles. The van der Waals surface area contributed by atoms with Gasteiger partial charge in [0.2, 0.25) is 0 Å². The number of hydrogen-bond donors (Lipinski definition) is 2. The maximum absolute atomic E-state index is 11.9. The maximum Gasteiger partial charge on any atom is 0.295 e. The van der Waals surface area contributed by atoms with Gasteiger partial charge in [0, 0.05) is 31.8 Å². The number of hydrogen-bond acceptors (Lipinski definition) is 7. The molecule has 2 heterocycles. The molecule has 0 fully saturated rings. The lowest BCUT2D eigenvalue weighted by Gasteiger charge is -2.09. The van der Waals surface area contributed by atoms with Crippen molar-refractivity contribution in [3.05, 3.63) is 78.3 Å². The van der Waals surface area contributed by atoms with Crippen molar-refractivity contribution < 1.29 is 13.0 Å². The predicted molar refractivity (Wildman–Crippen MR) is 127 cm³/mol. The number of azo groups is 1. The Morgan fingerprint density at radius 2 is 1.62 bits per heavy atom. The second-order valence-corrected chi connectivity index (χ2v) is 9.38. The van der Waals surface area contributed by atoms with E-state index in [-0.39, 0.29) is 16.3 Å². The van der Waals surface area contributed by atoms with E-state index in [0.717, 1.165) is 16.6 Å². The summed E-state index contributed by atoms with van der Waals surface area (Å²) < 4.78 is 34.5. The molecule has 32 heavy (non-hydrogen) atoms. The summed E-state index contributed by atoms with van der Waals surface area (Å²) in [5, 5.41) is 12.3. The van der Waals surface area contributed by atoms with Crippen molar-refractivity contribution in [2.75, 3.05) is 5.73 Å². The van der Waals surface area contributed by atoms with Crippen molar-refractivity contribution in [1.82, 2.24) is 4.98 Å². The molecule has 0 radical (unpaired) electrons. The van der Waals surface area contributed by atoms with Crippen LogP contribution in [0.4, 0.5) is 17.1 Å². The van der Waals surface area contributed by atoms with Crippen molar-refractivity contribution in [2.24, 2.45) is 10.2 Å². The number of nitrogen functional groups attached to an aromatic ring is 1. The van der Waals surface area contributed by atoms with E-state index < -0.39 is 10.1 Å². The third-order valence-electron chi connectivity index (χ3n) is 5.08. The van der Waals surface area contributed by atoms with Crippen LogP contribution in [-0.4, -0.2) is 18.0 Å². The highest BCUT2D eigenvalue weighted by Gasteiger charge is 2.18. The van der Waals surface area contributed by atoms with Gasteiger partial charge in [-0.25, -0.2) is 0 Å². The summed E-state index contributed by atoms with van der Waals surface area (Å²) in [7, 11) is -4.47. The monoisotopic (exact) mass is 460 g/mol. The van der Waals surface area contributed by atoms with Crippen molar-refractivity contribution >= 4 is 59.4 Å². The molecule has 0 bridgehead atoms. The summed E-state index contributed by atoms with van der Waals surface area (Å²) in [5.41, 5.74) is 8.95. The summed E-state index contributed by atoms with van der Waals surface area (Å²) in [6, 6.07) is 19.6. The Balaban J connectivity index is 1.51. The van der Waals surface area contributed by atoms with E-state index >= 15 is 0 Å². The van der Waals surface area contributed by atoms with Gasteiger partial charge >= 0.3 is 0 Å². The van der Waals surface area contributed by atoms with Crippen LogP contribution >= 0.6 is 11.3 Å². The number of aromatic nitrogens is 1. The zero-order chi connectivity index (χ0) is 22.3. The molecule has 0 saturated heterocycles. The van der Waals surface area contributed by atoms with Gasteiger partial charge in [0.15, 0.2) is 0 Å². The highest BCUT2D eigenvalue weighted by molar-refractivity contribution is 7.86. The van der Waals surface area contributed by atoms with Crippen molar-refractivity contribution in [3.63, 3.8) is 0 Å². The molecular formula is C23H16N4O3S2. The molecule has 0 aliphatic heterocycles. The predicted octanol–water partition coefficient (Wildman–Crippen LogP) is 6.36. The molecule has 0 aliphatic rings. The summed E-state index contributed by atoms with van der Waals surface area (Å²) in [6.45, 7) is 0. The van der Waals surface area contributed by atoms with Crippen LogP contribution in [0.3, 0.4) is 0 Å². The number of nitrogens with zero attached hydrogens (tertiary/aromatic N) is 3. The smallest absolute Gasteiger partial charge is 0.295 e. The Labute approximate surface area is 187 Å². The van der Waals surface area contributed by atoms with Crippen LogP contribution < -0.4 is 5.73 Å². The number of fused-ring (bicyclic) bond motifs is 2. The minimum absolute atomic E-state index is 0.143. The van der Waals surface area contributed by atoms with E-state index in [9.17, 15) is 13.0 Å². The molecule has 0 spiro atoms. The summed E-state index contributed by atoms with van der Waals surface area (Å²) in [4.78, 5) is 4.23. The van der Waals surface area contributed by atoms with Gasteiger partial charge in [0.05, 0.1) is 17.6 Å². The number of rotatable bonds is 4. The van der Waals surface area contributed by atoms with Crippen LogP contribution in [0.25, 0.3) is 32.1 Å². The van der Waals surface area contributed by atoms with Gasteiger partial charge in [-0.3, -0.25) is 9.54 Å². The van der Waals surface area contributed by atoms with Crippen molar-refractivity contribution in [3.8, 4) is 11.3 Å². The topological polar surface area (TPSA) is 118 Å². The molecule has 2 aromatic heterocycles. The SMILES string of the molecule is Nc1c(N=Nc2ccc(-c3csc4ccccc34)nc2)cc(S(=O)(=O)O)c2ccccc12. The zero-order valence-corrected chi connectivity index (χ0v) is 18.1. The average molecular weight is 461 g/mol. The largest absolute Gasteiger partial charge is 0.396 e. The van der Waals surface area contributed by atoms with E-state index in [1.165, 1.54) is 10.8 Å². The van der Waals surface area contributed by atoms with E-state index in [1.54, 1.807) is 47.9 Å². The van der Waals surface area contributed by atoms with E-state index in [1.807, 2.05) is 18.2 Å². The molecule has 7 nitrogen and oxygen atoms in total. The number of nitrogens with two attached hydrogens (primary N) is 1. The van der Waals surface area contributed by atoms with Crippen LogP contribution in [-0.2, 0) is 10.1 Å². The van der Waals surface area contributed by atoms with Crippen molar-refractivity contribution in [1.29, 1.82) is 0 Å². The molecule has 0 atom stereocenters. The average Bonchev–Trinajstić information content (AvgIpc) is 3.22. The van der Waals surface area contributed by atoms with Gasteiger partial charge in [-0.15, -0.1) is 21.6 Å². The normalized spacial score (nSPS) is 12.2. The third-order valence-corrected chi connectivity index (χ3v) is 6.94. The van der Waals surface area contributed by atoms with Crippen molar-refractivity contribution in [2.45, 2.75) is 4.90 Å². The highest BCUT2D eigenvalue weighted by atomic mass is 32.2. The first-order chi connectivity index (χ1) is 15.4. The van der Waals surface area contributed by atoms with Crippen LogP contribution in [0.1, 0.15) is 0 Å². The minimum Gasteiger partial charge on any atom is -0.396 e. The van der Waals surface area contributed by atoms with Gasteiger partial charge in [-0.1, -0.05) is 42.5 Å². The Morgan fingerprint density at radius 3 is 2.34 bits per heavy atom. The van der Waals surface area contributed by atoms with Gasteiger partial charge in [-0.2, -0.15) is 8.42 Å². The molecule has 0 amide bonds. The fraction of sp³-hybridized carbons (Fsp3) is 0. The first-order valence-corrected chi connectivity index (χ1v) is 11.9. The molecule has 0 aliphatic carbocycles. The lowest BCUT2D eigenvalue weighted by atomic mass is 10.1. The zero-order valence-electron chi connectivity index (χ0n) is 16.5. The Morgan fingerprint density at radius 1 is 0.906 bits per heavy atom. The number of anilines is 1. The Bertz CT molecular complexity index is 1610. The van der Waals surface area contributed by atoms with Gasteiger partial charge in [0.25, 0.3) is 10.1 Å². The van der Waals surface area contributed by atoms with Crippen LogP contribution in [0, 0.1) is 0 Å². The van der Waals surface area contributed by atoms with Crippen LogP contribution in [0.5, 0.6) is 0 Å². The molecule has 158 valence electrons. The summed E-state index contributed by atoms with van der Waals surface area (Å²) in [6.07, 6.45) is 1.59. The number of pyridine rings is 1. The molecule has 9 heteroatoms. The van der Waals surface area contributed by atoms with Gasteiger partial charge in [0.1, 0.15) is 16.3 Å². The van der Waals surface area contributed by atoms with Gasteiger partial charge in [-0.05, 0) is 24.3 Å². The quantitative estimate of drug-likeness (QED) is 0.184. The molecular weight excluding hydrogens is 444 g/mol. The standard InChI is InChI=1S/C23H16N4O3S2/c24-23-17-7-2-1-6-16(17)22(32(28,29)30)11-20(23)27-26-14-9-10-19(25-12-14)18-13-31-21-8-4-3-5-15(18)21/h1-13H,24H2,(H,28,29,30). The molecule has 5 aromatic rings. The van der Waals surface area contributed by atoms with Crippen LogP contribution in [0.2, 0.25) is 0 Å². The first kappa shape index (κ1) is 20.3. The highest BCUT2D eigenvalue weighted by Crippen LogP contribution is 2.37. The Kier molecular flexibility index (Phi) is 4.93. The van der Waals surface area contributed by atoms with Gasteiger partial charge < -0.3 is 5.73 Å². The number of thiophene rings is 1. The van der Waals surface area contributed by atoms with E-state index in [0.29, 0.717) is 16.5 Å². The maximum atomic E-state index is 11.9. The Hall–Kier alpha value is -3.66. The molecule has 3 aromatic carbocycles. The number of benzene rings is 3. The lowest BCUT2D eigenvalue weighted by molar-refractivity contribution is 0.484. The summed E-state index contributed by atoms with van der Waals surface area (Å²) >= 11 is 1.66.